The Morgan fingerprint density at radius 2 is 1.44 bits per heavy atom. The maximum atomic E-state index is 12.6. The minimum Gasteiger partial charge on any atom is -0.397 e. The third-order valence-corrected chi connectivity index (χ3v) is 11.1. The molecule has 59 heavy (non-hydrogen) atoms. The number of rotatable bonds is 19. The van der Waals surface area contributed by atoms with Gasteiger partial charge in [-0.3, -0.25) is 14.5 Å². The maximum absolute atomic E-state index is 12.6. The summed E-state index contributed by atoms with van der Waals surface area (Å²) in [5.41, 5.74) is 13.8. The molecule has 310 valence electrons. The van der Waals surface area contributed by atoms with Crippen molar-refractivity contribution in [1.82, 2.24) is 10.2 Å². The molecule has 5 aromatic carbocycles. The van der Waals surface area contributed by atoms with Crippen molar-refractivity contribution in [3.8, 4) is 11.1 Å². The van der Waals surface area contributed by atoms with Crippen LogP contribution in [-0.4, -0.2) is 52.7 Å². The van der Waals surface area contributed by atoms with Gasteiger partial charge in [-0.1, -0.05) is 122 Å². The van der Waals surface area contributed by atoms with Crippen molar-refractivity contribution in [2.75, 3.05) is 24.6 Å². The first-order chi connectivity index (χ1) is 28.7. The number of nitrogens with two attached hydrogens (primary N) is 1. The number of hydrogen-bond acceptors (Lipinski definition) is 8. The number of carbonyl (C=O) groups excluding carboxylic acids is 2. The second-order valence-corrected chi connectivity index (χ2v) is 15.5. The SMILES string of the molecule is C[C@@H]([C@H](O)c1ccccc1)N(C)C[C@@H]1C[C@H](c2ccc(CO)cc2)O[C@H](c2ccc(-c3cccc(CNC(=O)CCCCCCC(=O)Nc4ccccc4N)c3)cc2)O1. The molecule has 0 aromatic heterocycles. The number of nitrogen functional groups attached to an aromatic ring is 1. The molecule has 2 amide bonds. The highest BCUT2D eigenvalue weighted by Gasteiger charge is 2.34. The zero-order valence-electron chi connectivity index (χ0n) is 34.1. The summed E-state index contributed by atoms with van der Waals surface area (Å²) >= 11 is 0. The number of aliphatic hydroxyl groups excluding tert-OH is 2. The third kappa shape index (κ3) is 12.6. The lowest BCUT2D eigenvalue weighted by Crippen LogP contribution is -2.43. The van der Waals surface area contributed by atoms with Crippen LogP contribution < -0.4 is 16.4 Å². The summed E-state index contributed by atoms with van der Waals surface area (Å²) in [5, 5.41) is 26.7. The molecule has 1 fully saturated rings. The fourth-order valence-corrected chi connectivity index (χ4v) is 7.42. The summed E-state index contributed by atoms with van der Waals surface area (Å²) in [6.45, 7) is 3.05. The van der Waals surface area contributed by atoms with E-state index in [1.54, 1.807) is 12.1 Å². The van der Waals surface area contributed by atoms with E-state index >= 15 is 0 Å². The largest absolute Gasteiger partial charge is 0.397 e. The number of nitrogens with zero attached hydrogens (tertiary/aromatic N) is 1. The molecule has 10 heteroatoms. The number of carbonyl (C=O) groups is 2. The van der Waals surface area contributed by atoms with Crippen molar-refractivity contribution >= 4 is 23.2 Å². The molecular formula is C49H58N4O6. The van der Waals surface area contributed by atoms with Crippen LogP contribution in [0.15, 0.2) is 127 Å². The van der Waals surface area contributed by atoms with E-state index in [1.165, 1.54) is 0 Å². The molecule has 0 unspecified atom stereocenters. The van der Waals surface area contributed by atoms with Gasteiger partial charge in [0.15, 0.2) is 6.29 Å². The molecule has 6 rings (SSSR count). The first-order valence-corrected chi connectivity index (χ1v) is 20.7. The Hall–Kier alpha value is -5.36. The van der Waals surface area contributed by atoms with Gasteiger partial charge in [0.25, 0.3) is 0 Å². The van der Waals surface area contributed by atoms with Crippen LogP contribution in [0.25, 0.3) is 11.1 Å². The third-order valence-electron chi connectivity index (χ3n) is 11.1. The van der Waals surface area contributed by atoms with Gasteiger partial charge in [-0.2, -0.15) is 0 Å². The van der Waals surface area contributed by atoms with Gasteiger partial charge >= 0.3 is 0 Å². The number of aliphatic hydroxyl groups is 2. The van der Waals surface area contributed by atoms with E-state index in [4.69, 9.17) is 15.2 Å². The Bertz CT molecular complexity index is 2080. The molecule has 5 atom stereocenters. The normalized spacial score (nSPS) is 17.6. The van der Waals surface area contributed by atoms with E-state index in [0.717, 1.165) is 64.6 Å². The topological polar surface area (TPSA) is 146 Å². The van der Waals surface area contributed by atoms with Crippen molar-refractivity contribution in [2.24, 2.45) is 0 Å². The van der Waals surface area contributed by atoms with Gasteiger partial charge in [0.05, 0.1) is 36.3 Å². The highest BCUT2D eigenvalue weighted by molar-refractivity contribution is 5.93. The molecule has 10 nitrogen and oxygen atoms in total. The van der Waals surface area contributed by atoms with Gasteiger partial charge in [-0.25, -0.2) is 0 Å². The predicted octanol–water partition coefficient (Wildman–Crippen LogP) is 8.62. The van der Waals surface area contributed by atoms with Crippen LogP contribution in [0.4, 0.5) is 11.4 Å². The average molecular weight is 799 g/mol. The lowest BCUT2D eigenvalue weighted by Gasteiger charge is -2.39. The Balaban J connectivity index is 1.00. The second-order valence-electron chi connectivity index (χ2n) is 15.5. The number of hydrogen-bond donors (Lipinski definition) is 5. The lowest BCUT2D eigenvalue weighted by atomic mass is 9.98. The van der Waals surface area contributed by atoms with Crippen LogP contribution in [0, 0.1) is 0 Å². The van der Waals surface area contributed by atoms with Gasteiger partial charge in [-0.05, 0) is 78.4 Å². The molecule has 0 spiro atoms. The molecule has 0 radical (unpaired) electrons. The van der Waals surface area contributed by atoms with Gasteiger partial charge in [0, 0.05) is 44.0 Å². The summed E-state index contributed by atoms with van der Waals surface area (Å²) in [6.07, 6.45) is 3.15. The molecule has 1 aliphatic heterocycles. The highest BCUT2D eigenvalue weighted by Crippen LogP contribution is 2.39. The number of likely N-dealkylation sites (N-methyl/N-ethyl adjacent to an activating group) is 1. The van der Waals surface area contributed by atoms with Crippen molar-refractivity contribution in [3.63, 3.8) is 0 Å². The summed E-state index contributed by atoms with van der Waals surface area (Å²) in [5.74, 6) is -0.0411. The number of para-hydroxylation sites is 2. The zero-order valence-corrected chi connectivity index (χ0v) is 34.1. The van der Waals surface area contributed by atoms with E-state index in [2.05, 4.69) is 39.8 Å². The first-order valence-electron chi connectivity index (χ1n) is 20.7. The number of benzene rings is 5. The summed E-state index contributed by atoms with van der Waals surface area (Å²) in [6, 6.07) is 41.1. The Kier molecular flexibility index (Phi) is 15.8. The molecular weight excluding hydrogens is 741 g/mol. The van der Waals surface area contributed by atoms with Crippen LogP contribution in [0.3, 0.4) is 0 Å². The Morgan fingerprint density at radius 3 is 2.15 bits per heavy atom. The quantitative estimate of drug-likeness (QED) is 0.0413. The van der Waals surface area contributed by atoms with Crippen molar-refractivity contribution in [1.29, 1.82) is 0 Å². The Morgan fingerprint density at radius 1 is 0.763 bits per heavy atom. The van der Waals surface area contributed by atoms with Crippen molar-refractivity contribution in [3.05, 3.63) is 155 Å². The van der Waals surface area contributed by atoms with Crippen LogP contribution in [0.5, 0.6) is 0 Å². The molecule has 1 aliphatic rings. The van der Waals surface area contributed by atoms with Crippen LogP contribution in [0.2, 0.25) is 0 Å². The fourth-order valence-electron chi connectivity index (χ4n) is 7.42. The van der Waals surface area contributed by atoms with Gasteiger partial charge in [0.1, 0.15) is 0 Å². The molecule has 0 aliphatic carbocycles. The lowest BCUT2D eigenvalue weighted by molar-refractivity contribution is -0.253. The predicted molar refractivity (Wildman–Crippen MR) is 233 cm³/mol. The van der Waals surface area contributed by atoms with E-state index in [-0.39, 0.29) is 36.7 Å². The zero-order chi connectivity index (χ0) is 41.6. The second kappa shape index (κ2) is 21.6. The number of nitrogens with one attached hydrogen (secondary N) is 2. The first kappa shape index (κ1) is 43.2. The van der Waals surface area contributed by atoms with Gasteiger partial charge in [0.2, 0.25) is 11.8 Å². The van der Waals surface area contributed by atoms with Crippen molar-refractivity contribution in [2.45, 2.75) is 95.7 Å². The summed E-state index contributed by atoms with van der Waals surface area (Å²) < 4.78 is 13.2. The van der Waals surface area contributed by atoms with E-state index in [0.29, 0.717) is 43.7 Å². The average Bonchev–Trinajstić information content (AvgIpc) is 3.27. The van der Waals surface area contributed by atoms with Crippen molar-refractivity contribution < 1.29 is 29.3 Å². The van der Waals surface area contributed by atoms with Crippen LogP contribution in [-0.2, 0) is 32.2 Å². The highest BCUT2D eigenvalue weighted by atomic mass is 16.7. The maximum Gasteiger partial charge on any atom is 0.224 e. The molecule has 1 saturated heterocycles. The summed E-state index contributed by atoms with van der Waals surface area (Å²) in [4.78, 5) is 27.0. The van der Waals surface area contributed by atoms with E-state index < -0.39 is 12.4 Å². The molecule has 0 bridgehead atoms. The number of anilines is 2. The van der Waals surface area contributed by atoms with Gasteiger partial charge < -0.3 is 36.1 Å². The minimum atomic E-state index is -0.642. The number of amides is 2. The Labute approximate surface area is 348 Å². The van der Waals surface area contributed by atoms with E-state index in [1.807, 2.05) is 105 Å². The minimum absolute atomic E-state index is 0.0125. The van der Waals surface area contributed by atoms with E-state index in [9.17, 15) is 19.8 Å². The molecule has 1 heterocycles. The number of ether oxygens (including phenoxy) is 2. The summed E-state index contributed by atoms with van der Waals surface area (Å²) in [7, 11) is 2.02. The number of unbranched alkanes of at least 4 members (excludes halogenated alkanes) is 3. The monoisotopic (exact) mass is 798 g/mol. The smallest absolute Gasteiger partial charge is 0.224 e. The van der Waals surface area contributed by atoms with Crippen LogP contribution in [0.1, 0.15) is 98.2 Å². The van der Waals surface area contributed by atoms with Gasteiger partial charge in [-0.15, -0.1) is 0 Å². The fraction of sp³-hybridized carbons (Fsp3) is 0.347. The molecule has 6 N–H and O–H groups in total. The standard InChI is InChI=1S/C49H58N4O6/c1-34(48(57)39-14-6-5-7-15-39)53(2)32-42-30-45(38-23-21-35(33-54)22-24-38)59-49(58-42)40-27-25-37(26-28-40)41-16-12-13-36(29-41)31-51-46(55)19-8-3-4-9-20-47(56)52-44-18-11-10-17-43(44)50/h5-7,10-18,21-29,34,42,45,48-49,54,57H,3-4,8-9,19-20,30-33,50H2,1-2H3,(H,51,55)(H,52,56)/t34-,42-,45+,48-,49+/m0/s1. The molecule has 0 saturated carbocycles. The molecule has 5 aromatic rings. The van der Waals surface area contributed by atoms with Crippen LogP contribution >= 0.6 is 0 Å².